The monoisotopic (exact) mass is 237 g/mol. The first kappa shape index (κ1) is 11.6. The van der Waals surface area contributed by atoms with Crippen LogP contribution in [0.2, 0.25) is 0 Å². The van der Waals surface area contributed by atoms with Gasteiger partial charge < -0.3 is 11.5 Å². The molecule has 1 heterocycles. The fraction of sp³-hybridized carbons (Fsp3) is 0.583. The van der Waals surface area contributed by atoms with Crippen molar-refractivity contribution in [1.82, 2.24) is 4.98 Å². The molecular weight excluding hydrogens is 218 g/mol. The number of hydrogen-bond donors (Lipinski definition) is 2. The van der Waals surface area contributed by atoms with Crippen LogP contribution in [0.25, 0.3) is 0 Å². The van der Waals surface area contributed by atoms with Gasteiger partial charge in [0.05, 0.1) is 10.7 Å². The molecule has 1 aromatic rings. The Balaban J connectivity index is 2.00. The number of nitrogens with two attached hydrogens (primary N) is 2. The number of anilines is 2. The minimum absolute atomic E-state index is 0.453. The summed E-state index contributed by atoms with van der Waals surface area (Å²) < 4.78 is 0. The average molecular weight is 237 g/mol. The van der Waals surface area contributed by atoms with Crippen LogP contribution in [0.1, 0.15) is 32.6 Å². The molecule has 0 aliphatic heterocycles. The molecule has 4 N–H and O–H groups in total. The summed E-state index contributed by atoms with van der Waals surface area (Å²) in [7, 11) is 0. The van der Waals surface area contributed by atoms with Crippen LogP contribution in [0, 0.1) is 5.92 Å². The van der Waals surface area contributed by atoms with E-state index in [9.17, 15) is 0 Å². The number of pyridine rings is 1. The lowest BCUT2D eigenvalue weighted by Gasteiger charge is -2.25. The molecule has 0 radical (unpaired) electrons. The summed E-state index contributed by atoms with van der Waals surface area (Å²) in [6.45, 7) is 2.33. The second-order valence-corrected chi connectivity index (χ2v) is 5.96. The maximum Gasteiger partial charge on any atom is 0.147 e. The summed E-state index contributed by atoms with van der Waals surface area (Å²) in [6, 6.07) is 3.81. The maximum atomic E-state index is 5.70. The summed E-state index contributed by atoms with van der Waals surface area (Å²) in [5.74, 6) is 1.30. The van der Waals surface area contributed by atoms with E-state index >= 15 is 0 Å². The van der Waals surface area contributed by atoms with E-state index in [1.165, 1.54) is 25.7 Å². The molecule has 1 aromatic heterocycles. The Hall–Kier alpha value is -0.900. The number of hydrogen-bond acceptors (Lipinski definition) is 4. The first-order valence-electron chi connectivity index (χ1n) is 5.84. The third-order valence-corrected chi connectivity index (χ3v) is 4.34. The normalized spacial score (nSPS) is 25.6. The second kappa shape index (κ2) is 4.95. The van der Waals surface area contributed by atoms with E-state index in [-0.39, 0.29) is 0 Å². The van der Waals surface area contributed by atoms with Crippen molar-refractivity contribution in [3.63, 3.8) is 0 Å². The molecule has 1 fully saturated rings. The zero-order valence-electron chi connectivity index (χ0n) is 9.65. The molecule has 1 aliphatic carbocycles. The Morgan fingerprint density at radius 2 is 2.12 bits per heavy atom. The van der Waals surface area contributed by atoms with Gasteiger partial charge in [0.25, 0.3) is 0 Å². The van der Waals surface area contributed by atoms with Crippen LogP contribution in [-0.2, 0) is 0 Å². The van der Waals surface area contributed by atoms with Gasteiger partial charge in [-0.25, -0.2) is 4.98 Å². The minimum atomic E-state index is 0.453. The van der Waals surface area contributed by atoms with E-state index in [0.717, 1.165) is 10.9 Å². The van der Waals surface area contributed by atoms with Gasteiger partial charge in [-0.3, -0.25) is 0 Å². The van der Waals surface area contributed by atoms with E-state index in [0.29, 0.717) is 16.8 Å². The van der Waals surface area contributed by atoms with Gasteiger partial charge in [-0.15, -0.1) is 11.8 Å². The van der Waals surface area contributed by atoms with Crippen molar-refractivity contribution in [1.29, 1.82) is 0 Å². The standard InChI is InChI=1S/C12H19N3S/c1-8-3-2-4-9(7-8)16-11-6-5-10(13)12(14)15-11/h5-6,8-9H,2-4,7,13H2,1H3,(H2,14,15). The summed E-state index contributed by atoms with van der Waals surface area (Å²) in [6.07, 6.45) is 5.29. The molecule has 88 valence electrons. The molecule has 4 heteroatoms. The van der Waals surface area contributed by atoms with Crippen LogP contribution in [0.15, 0.2) is 17.2 Å². The highest BCUT2D eigenvalue weighted by Gasteiger charge is 2.20. The smallest absolute Gasteiger partial charge is 0.147 e. The Bertz CT molecular complexity index is 367. The molecule has 2 unspecified atom stereocenters. The van der Waals surface area contributed by atoms with Crippen LogP contribution < -0.4 is 11.5 Å². The summed E-state index contributed by atoms with van der Waals surface area (Å²) in [5.41, 5.74) is 11.9. The van der Waals surface area contributed by atoms with Crippen LogP contribution in [0.3, 0.4) is 0 Å². The van der Waals surface area contributed by atoms with Crippen molar-refractivity contribution in [2.75, 3.05) is 11.5 Å². The quantitative estimate of drug-likeness (QED) is 0.830. The van der Waals surface area contributed by atoms with Gasteiger partial charge in [-0.05, 0) is 30.9 Å². The molecular formula is C12H19N3S. The van der Waals surface area contributed by atoms with E-state index < -0.39 is 0 Å². The lowest BCUT2D eigenvalue weighted by Crippen LogP contribution is -2.15. The van der Waals surface area contributed by atoms with E-state index in [4.69, 9.17) is 11.5 Å². The molecule has 16 heavy (non-hydrogen) atoms. The van der Waals surface area contributed by atoms with Gasteiger partial charge >= 0.3 is 0 Å². The van der Waals surface area contributed by atoms with Crippen LogP contribution >= 0.6 is 11.8 Å². The third-order valence-electron chi connectivity index (χ3n) is 3.11. The molecule has 0 bridgehead atoms. The summed E-state index contributed by atoms with van der Waals surface area (Å²) in [4.78, 5) is 4.31. The van der Waals surface area contributed by atoms with Crippen LogP contribution in [0.5, 0.6) is 0 Å². The van der Waals surface area contributed by atoms with Crippen molar-refractivity contribution in [3.8, 4) is 0 Å². The number of nitrogens with zero attached hydrogens (tertiary/aromatic N) is 1. The molecule has 3 nitrogen and oxygen atoms in total. The van der Waals surface area contributed by atoms with Gasteiger partial charge in [-0.1, -0.05) is 19.8 Å². The Kier molecular flexibility index (Phi) is 3.59. The van der Waals surface area contributed by atoms with Gasteiger partial charge in [0.1, 0.15) is 5.82 Å². The molecule has 1 saturated carbocycles. The first-order valence-corrected chi connectivity index (χ1v) is 6.72. The topological polar surface area (TPSA) is 64.9 Å². The first-order chi connectivity index (χ1) is 7.65. The number of aromatic nitrogens is 1. The highest BCUT2D eigenvalue weighted by Crippen LogP contribution is 2.35. The second-order valence-electron chi connectivity index (χ2n) is 4.64. The Labute approximate surface area is 101 Å². The summed E-state index contributed by atoms with van der Waals surface area (Å²) >= 11 is 1.84. The Morgan fingerprint density at radius 1 is 1.31 bits per heavy atom. The summed E-state index contributed by atoms with van der Waals surface area (Å²) in [5, 5.41) is 1.70. The molecule has 0 aromatic carbocycles. The molecule has 0 spiro atoms. The molecule has 2 atom stereocenters. The zero-order valence-corrected chi connectivity index (χ0v) is 10.5. The van der Waals surface area contributed by atoms with E-state index in [1.54, 1.807) is 0 Å². The SMILES string of the molecule is CC1CCCC(Sc2ccc(N)c(N)n2)C1. The minimum Gasteiger partial charge on any atom is -0.396 e. The van der Waals surface area contributed by atoms with Gasteiger partial charge in [0, 0.05) is 5.25 Å². The van der Waals surface area contributed by atoms with Gasteiger partial charge in [0.15, 0.2) is 0 Å². The third kappa shape index (κ3) is 2.82. The fourth-order valence-corrected chi connectivity index (χ4v) is 3.54. The maximum absolute atomic E-state index is 5.70. The zero-order chi connectivity index (χ0) is 11.5. The van der Waals surface area contributed by atoms with Crippen molar-refractivity contribution < 1.29 is 0 Å². The number of thioether (sulfide) groups is 1. The van der Waals surface area contributed by atoms with Crippen molar-refractivity contribution in [3.05, 3.63) is 12.1 Å². The highest BCUT2D eigenvalue weighted by molar-refractivity contribution is 7.99. The van der Waals surface area contributed by atoms with Crippen molar-refractivity contribution >= 4 is 23.3 Å². The average Bonchev–Trinajstić information content (AvgIpc) is 2.24. The highest BCUT2D eigenvalue weighted by atomic mass is 32.2. The predicted molar refractivity (Wildman–Crippen MR) is 70.3 cm³/mol. The number of nitrogen functional groups attached to an aromatic ring is 2. The lowest BCUT2D eigenvalue weighted by atomic mass is 9.91. The Morgan fingerprint density at radius 3 is 2.81 bits per heavy atom. The van der Waals surface area contributed by atoms with E-state index in [2.05, 4.69) is 11.9 Å². The van der Waals surface area contributed by atoms with Crippen LogP contribution in [-0.4, -0.2) is 10.2 Å². The van der Waals surface area contributed by atoms with Crippen LogP contribution in [0.4, 0.5) is 11.5 Å². The largest absolute Gasteiger partial charge is 0.396 e. The molecule has 0 saturated heterocycles. The molecule has 0 amide bonds. The van der Waals surface area contributed by atoms with Crippen molar-refractivity contribution in [2.24, 2.45) is 5.92 Å². The van der Waals surface area contributed by atoms with Gasteiger partial charge in [0.2, 0.25) is 0 Å². The van der Waals surface area contributed by atoms with Gasteiger partial charge in [-0.2, -0.15) is 0 Å². The van der Waals surface area contributed by atoms with E-state index in [1.807, 2.05) is 23.9 Å². The lowest BCUT2D eigenvalue weighted by molar-refractivity contribution is 0.394. The fourth-order valence-electron chi connectivity index (χ4n) is 2.19. The molecule has 1 aliphatic rings. The predicted octanol–water partition coefficient (Wildman–Crippen LogP) is 2.92. The molecule has 2 rings (SSSR count). The van der Waals surface area contributed by atoms with Crippen molar-refractivity contribution in [2.45, 2.75) is 42.9 Å². The number of rotatable bonds is 2.